The van der Waals surface area contributed by atoms with E-state index in [0.717, 1.165) is 29.9 Å². The fourth-order valence-corrected chi connectivity index (χ4v) is 2.75. The Morgan fingerprint density at radius 2 is 1.83 bits per heavy atom. The zero-order valence-corrected chi connectivity index (χ0v) is 14.0. The third kappa shape index (κ3) is 4.44. The van der Waals surface area contributed by atoms with Crippen LogP contribution in [0.25, 0.3) is 0 Å². The minimum atomic E-state index is -0.0971. The molecule has 1 N–H and O–H groups in total. The van der Waals surface area contributed by atoms with E-state index in [1.807, 2.05) is 61.7 Å². The molecule has 1 amide bonds. The van der Waals surface area contributed by atoms with Crippen LogP contribution in [0.15, 0.2) is 53.6 Å². The second-order valence-electron chi connectivity index (χ2n) is 6.20. The molecule has 0 unspecified atom stereocenters. The van der Waals surface area contributed by atoms with E-state index in [1.165, 1.54) is 19.3 Å². The van der Waals surface area contributed by atoms with Gasteiger partial charge in [-0.25, -0.2) is 0 Å². The van der Waals surface area contributed by atoms with Gasteiger partial charge in [0, 0.05) is 24.3 Å². The van der Waals surface area contributed by atoms with E-state index in [0.29, 0.717) is 5.56 Å². The van der Waals surface area contributed by atoms with Crippen LogP contribution in [0.5, 0.6) is 0 Å². The first-order valence-electron chi connectivity index (χ1n) is 8.48. The number of hydrazone groups is 1. The van der Waals surface area contributed by atoms with Gasteiger partial charge in [-0.1, -0.05) is 29.8 Å². The highest BCUT2D eigenvalue weighted by Gasteiger charge is 2.07. The Kier molecular flexibility index (Phi) is 5.26. The predicted molar refractivity (Wildman–Crippen MR) is 98.6 cm³/mol. The molecule has 4 nitrogen and oxygen atoms in total. The number of piperidine rings is 1. The highest BCUT2D eigenvalue weighted by atomic mass is 16.1. The maximum Gasteiger partial charge on any atom is 0.255 e. The zero-order valence-electron chi connectivity index (χ0n) is 14.0. The fourth-order valence-electron chi connectivity index (χ4n) is 2.75. The highest BCUT2D eigenvalue weighted by Crippen LogP contribution is 2.13. The first-order chi connectivity index (χ1) is 11.7. The van der Waals surface area contributed by atoms with Gasteiger partial charge in [0.2, 0.25) is 0 Å². The first kappa shape index (κ1) is 16.2. The quantitative estimate of drug-likeness (QED) is 0.863. The van der Waals surface area contributed by atoms with E-state index in [1.54, 1.807) is 0 Å². The van der Waals surface area contributed by atoms with E-state index < -0.39 is 0 Å². The maximum atomic E-state index is 12.3. The molecule has 1 fully saturated rings. The maximum absolute atomic E-state index is 12.3. The lowest BCUT2D eigenvalue weighted by atomic mass is 10.1. The number of carbonyl (C=O) groups excluding carboxylic acids is 1. The van der Waals surface area contributed by atoms with Crippen molar-refractivity contribution in [1.29, 1.82) is 0 Å². The number of hydrogen-bond acceptors (Lipinski definition) is 3. The Balaban J connectivity index is 1.65. The Hall–Kier alpha value is -2.62. The van der Waals surface area contributed by atoms with Crippen LogP contribution < -0.4 is 5.32 Å². The molecule has 124 valence electrons. The van der Waals surface area contributed by atoms with Gasteiger partial charge in [-0.3, -0.25) is 9.80 Å². The SMILES string of the molecule is Cc1ccc(C(=O)Nc2cccc(/C=N\N3CCCCC3)c2)cc1. The minimum absolute atomic E-state index is 0.0971. The van der Waals surface area contributed by atoms with Crippen molar-refractivity contribution in [1.82, 2.24) is 5.01 Å². The summed E-state index contributed by atoms with van der Waals surface area (Å²) < 4.78 is 0. The second-order valence-corrected chi connectivity index (χ2v) is 6.20. The van der Waals surface area contributed by atoms with Gasteiger partial charge in [0.05, 0.1) is 6.21 Å². The summed E-state index contributed by atoms with van der Waals surface area (Å²) >= 11 is 0. The summed E-state index contributed by atoms with van der Waals surface area (Å²) in [4.78, 5) is 12.3. The minimum Gasteiger partial charge on any atom is -0.322 e. The molecule has 0 bridgehead atoms. The van der Waals surface area contributed by atoms with E-state index in [9.17, 15) is 4.79 Å². The number of nitrogens with one attached hydrogen (secondary N) is 1. The summed E-state index contributed by atoms with van der Waals surface area (Å²) in [6.07, 6.45) is 5.59. The molecule has 0 saturated carbocycles. The standard InChI is InChI=1S/C20H23N3O/c1-16-8-10-18(11-9-16)20(24)22-19-7-5-6-17(14-19)15-21-23-12-3-2-4-13-23/h5-11,14-15H,2-4,12-13H2,1H3,(H,22,24)/b21-15-. The molecule has 3 rings (SSSR count). The summed E-state index contributed by atoms with van der Waals surface area (Å²) in [7, 11) is 0. The summed E-state index contributed by atoms with van der Waals surface area (Å²) in [6.45, 7) is 4.06. The Morgan fingerprint density at radius 3 is 2.58 bits per heavy atom. The molecule has 1 aliphatic rings. The monoisotopic (exact) mass is 321 g/mol. The molecule has 0 atom stereocenters. The van der Waals surface area contributed by atoms with Gasteiger partial charge in [-0.2, -0.15) is 5.10 Å². The largest absolute Gasteiger partial charge is 0.322 e. The average Bonchev–Trinajstić information content (AvgIpc) is 2.62. The number of benzene rings is 2. The van der Waals surface area contributed by atoms with Gasteiger partial charge >= 0.3 is 0 Å². The molecular weight excluding hydrogens is 298 g/mol. The van der Waals surface area contributed by atoms with E-state index >= 15 is 0 Å². The number of rotatable bonds is 4. The number of carbonyl (C=O) groups is 1. The lowest BCUT2D eigenvalue weighted by molar-refractivity contribution is 0.102. The molecule has 1 saturated heterocycles. The van der Waals surface area contributed by atoms with Gasteiger partial charge in [0.1, 0.15) is 0 Å². The van der Waals surface area contributed by atoms with Crippen molar-refractivity contribution in [2.45, 2.75) is 26.2 Å². The normalized spacial score (nSPS) is 14.8. The van der Waals surface area contributed by atoms with Gasteiger partial charge in [-0.05, 0) is 56.0 Å². The van der Waals surface area contributed by atoms with Crippen molar-refractivity contribution in [3.8, 4) is 0 Å². The third-order valence-corrected chi connectivity index (χ3v) is 4.16. The molecule has 1 heterocycles. The van der Waals surface area contributed by atoms with Crippen molar-refractivity contribution in [3.63, 3.8) is 0 Å². The lowest BCUT2D eigenvalue weighted by Gasteiger charge is -2.23. The van der Waals surface area contributed by atoms with E-state index in [-0.39, 0.29) is 5.91 Å². The number of nitrogens with zero attached hydrogens (tertiary/aromatic N) is 2. The molecule has 2 aromatic rings. The van der Waals surface area contributed by atoms with Gasteiger partial charge in [0.15, 0.2) is 0 Å². The average molecular weight is 321 g/mol. The van der Waals surface area contributed by atoms with Crippen LogP contribution >= 0.6 is 0 Å². The topological polar surface area (TPSA) is 44.7 Å². The molecule has 2 aromatic carbocycles. The lowest BCUT2D eigenvalue weighted by Crippen LogP contribution is -2.24. The van der Waals surface area contributed by atoms with Crippen LogP contribution in [0.3, 0.4) is 0 Å². The summed E-state index contributed by atoms with van der Waals surface area (Å²) in [5, 5.41) is 9.59. The molecule has 24 heavy (non-hydrogen) atoms. The molecule has 0 aromatic heterocycles. The van der Waals surface area contributed by atoms with Crippen LogP contribution in [-0.2, 0) is 0 Å². The fraction of sp³-hybridized carbons (Fsp3) is 0.300. The molecule has 4 heteroatoms. The van der Waals surface area contributed by atoms with Crippen LogP contribution in [-0.4, -0.2) is 30.2 Å². The summed E-state index contributed by atoms with van der Waals surface area (Å²) in [5.74, 6) is -0.0971. The zero-order chi connectivity index (χ0) is 16.8. The third-order valence-electron chi connectivity index (χ3n) is 4.16. The van der Waals surface area contributed by atoms with E-state index in [4.69, 9.17) is 0 Å². The number of hydrogen-bond donors (Lipinski definition) is 1. The molecule has 0 spiro atoms. The molecule has 0 aliphatic carbocycles. The van der Waals surface area contributed by atoms with Crippen LogP contribution in [0.2, 0.25) is 0 Å². The first-order valence-corrected chi connectivity index (χ1v) is 8.48. The van der Waals surface area contributed by atoms with Gasteiger partial charge in [-0.15, -0.1) is 0 Å². The van der Waals surface area contributed by atoms with Crippen molar-refractivity contribution < 1.29 is 4.79 Å². The Labute approximate surface area is 143 Å². The number of anilines is 1. The summed E-state index contributed by atoms with van der Waals surface area (Å²) in [6, 6.07) is 15.3. The Bertz CT molecular complexity index is 716. The van der Waals surface area contributed by atoms with Crippen LogP contribution in [0.1, 0.15) is 40.7 Å². The van der Waals surface area contributed by atoms with Crippen molar-refractivity contribution in [3.05, 3.63) is 65.2 Å². The highest BCUT2D eigenvalue weighted by molar-refractivity contribution is 6.04. The number of amides is 1. The molecular formula is C20H23N3O. The van der Waals surface area contributed by atoms with Gasteiger partial charge in [0.25, 0.3) is 5.91 Å². The number of aryl methyl sites for hydroxylation is 1. The smallest absolute Gasteiger partial charge is 0.255 e. The van der Waals surface area contributed by atoms with Crippen molar-refractivity contribution in [2.24, 2.45) is 5.10 Å². The Morgan fingerprint density at radius 1 is 1.08 bits per heavy atom. The van der Waals surface area contributed by atoms with E-state index in [2.05, 4.69) is 15.4 Å². The predicted octanol–water partition coefficient (Wildman–Crippen LogP) is 4.07. The van der Waals surface area contributed by atoms with Crippen LogP contribution in [0.4, 0.5) is 5.69 Å². The second kappa shape index (κ2) is 7.77. The molecule has 1 aliphatic heterocycles. The van der Waals surface area contributed by atoms with Crippen molar-refractivity contribution >= 4 is 17.8 Å². The summed E-state index contributed by atoms with van der Waals surface area (Å²) in [5.41, 5.74) is 3.57. The van der Waals surface area contributed by atoms with Crippen LogP contribution in [0, 0.1) is 6.92 Å². The van der Waals surface area contributed by atoms with Gasteiger partial charge < -0.3 is 5.32 Å². The molecule has 0 radical (unpaired) electrons. The van der Waals surface area contributed by atoms with Crippen molar-refractivity contribution in [2.75, 3.05) is 18.4 Å².